The third kappa shape index (κ3) is 2.89. The van der Waals surface area contributed by atoms with Crippen molar-refractivity contribution in [1.29, 1.82) is 0 Å². The number of alkyl halides is 1. The molecule has 0 aliphatic carbocycles. The third-order valence-electron chi connectivity index (χ3n) is 1.01. The molecule has 2 nitrogen and oxygen atoms in total. The van der Waals surface area contributed by atoms with Crippen molar-refractivity contribution in [3.63, 3.8) is 0 Å². The van der Waals surface area contributed by atoms with Crippen molar-refractivity contribution < 1.29 is 9.53 Å². The summed E-state index contributed by atoms with van der Waals surface area (Å²) in [6.07, 6.45) is 0.331. The molecule has 0 rings (SSSR count). The van der Waals surface area contributed by atoms with Crippen LogP contribution in [-0.2, 0) is 9.53 Å². The molecule has 2 radical (unpaired) electrons. The maximum atomic E-state index is 10.6. The van der Waals surface area contributed by atoms with Gasteiger partial charge < -0.3 is 4.74 Å². The highest BCUT2D eigenvalue weighted by Gasteiger charge is 2.13. The van der Waals surface area contributed by atoms with E-state index in [0.29, 0.717) is 11.7 Å². The fourth-order valence-corrected chi connectivity index (χ4v) is 0.918. The first-order valence-electron chi connectivity index (χ1n) is 2.60. The molecular weight excluding hydrogens is 183 g/mol. The van der Waals surface area contributed by atoms with Crippen molar-refractivity contribution in [3.8, 4) is 0 Å². The summed E-state index contributed by atoms with van der Waals surface area (Å²) in [4.78, 5) is 10.6. The van der Waals surface area contributed by atoms with Gasteiger partial charge in [-0.15, -0.1) is 0 Å². The van der Waals surface area contributed by atoms with Gasteiger partial charge in [0.15, 0.2) is 0 Å². The Bertz CT molecular complexity index is 93.0. The van der Waals surface area contributed by atoms with Gasteiger partial charge in [0.05, 0.1) is 20.9 Å². The lowest BCUT2D eigenvalue weighted by atomic mass is 9.93. The van der Waals surface area contributed by atoms with E-state index >= 15 is 0 Å². The first kappa shape index (κ1) is 9.01. The molecular formula is C5H8BBrO2. The third-order valence-corrected chi connectivity index (χ3v) is 1.79. The summed E-state index contributed by atoms with van der Waals surface area (Å²) in [5.41, 5.74) is 0. The van der Waals surface area contributed by atoms with E-state index in [1.807, 2.05) is 0 Å². The first-order valence-corrected chi connectivity index (χ1v) is 3.72. The van der Waals surface area contributed by atoms with Crippen molar-refractivity contribution in [2.75, 3.05) is 12.4 Å². The van der Waals surface area contributed by atoms with Crippen LogP contribution in [0.5, 0.6) is 0 Å². The van der Waals surface area contributed by atoms with E-state index in [-0.39, 0.29) is 11.9 Å². The van der Waals surface area contributed by atoms with Gasteiger partial charge in [0.2, 0.25) is 0 Å². The predicted octanol–water partition coefficient (Wildman–Crippen LogP) is 0.757. The summed E-state index contributed by atoms with van der Waals surface area (Å²) < 4.78 is 4.45. The predicted molar refractivity (Wildman–Crippen MR) is 39.9 cm³/mol. The van der Waals surface area contributed by atoms with Crippen molar-refractivity contribution in [1.82, 2.24) is 0 Å². The van der Waals surface area contributed by atoms with E-state index < -0.39 is 0 Å². The van der Waals surface area contributed by atoms with Gasteiger partial charge in [0.25, 0.3) is 0 Å². The van der Waals surface area contributed by atoms with Crippen LogP contribution in [0.2, 0.25) is 6.32 Å². The topological polar surface area (TPSA) is 26.3 Å². The van der Waals surface area contributed by atoms with Crippen LogP contribution in [0.3, 0.4) is 0 Å². The van der Waals surface area contributed by atoms with Crippen molar-refractivity contribution >= 4 is 29.7 Å². The van der Waals surface area contributed by atoms with Crippen LogP contribution < -0.4 is 0 Å². The van der Waals surface area contributed by atoms with Crippen LogP contribution in [0.4, 0.5) is 0 Å². The Kier molecular flexibility index (Phi) is 4.86. The molecule has 0 aliphatic heterocycles. The van der Waals surface area contributed by atoms with Crippen LogP contribution >= 0.6 is 15.9 Å². The summed E-state index contributed by atoms with van der Waals surface area (Å²) >= 11 is 3.14. The van der Waals surface area contributed by atoms with Gasteiger partial charge in [-0.3, -0.25) is 4.79 Å². The molecule has 0 aromatic carbocycles. The van der Waals surface area contributed by atoms with Crippen LogP contribution in [0.25, 0.3) is 0 Å². The van der Waals surface area contributed by atoms with E-state index in [1.165, 1.54) is 7.11 Å². The Morgan fingerprint density at radius 2 is 2.44 bits per heavy atom. The lowest BCUT2D eigenvalue weighted by Gasteiger charge is -2.06. The molecule has 0 aromatic heterocycles. The summed E-state index contributed by atoms with van der Waals surface area (Å²) in [6, 6.07) is 0. The van der Waals surface area contributed by atoms with Gasteiger partial charge >= 0.3 is 5.97 Å². The summed E-state index contributed by atoms with van der Waals surface area (Å²) in [6.45, 7) is 0. The van der Waals surface area contributed by atoms with Gasteiger partial charge in [-0.2, -0.15) is 0 Å². The molecule has 4 heteroatoms. The minimum absolute atomic E-state index is 0.199. The van der Waals surface area contributed by atoms with Gasteiger partial charge in [-0.1, -0.05) is 22.3 Å². The second kappa shape index (κ2) is 4.85. The molecule has 0 bridgehead atoms. The van der Waals surface area contributed by atoms with E-state index in [2.05, 4.69) is 20.7 Å². The molecule has 9 heavy (non-hydrogen) atoms. The molecule has 0 aliphatic rings. The Balaban J connectivity index is 3.64. The Morgan fingerprint density at radius 1 is 1.89 bits per heavy atom. The molecule has 0 heterocycles. The monoisotopic (exact) mass is 190 g/mol. The van der Waals surface area contributed by atoms with Crippen LogP contribution in [0, 0.1) is 5.92 Å². The number of rotatable bonds is 3. The second-order valence-electron chi connectivity index (χ2n) is 1.61. The first-order chi connectivity index (χ1) is 4.26. The molecule has 0 saturated carbocycles. The van der Waals surface area contributed by atoms with E-state index in [0.717, 1.165) is 0 Å². The average Bonchev–Trinajstić information content (AvgIpc) is 1.90. The molecule has 1 unspecified atom stereocenters. The quantitative estimate of drug-likeness (QED) is 0.373. The maximum absolute atomic E-state index is 10.6. The summed E-state index contributed by atoms with van der Waals surface area (Å²) in [5.74, 6) is -0.454. The molecule has 0 spiro atoms. The van der Waals surface area contributed by atoms with Crippen molar-refractivity contribution in [2.45, 2.75) is 6.32 Å². The van der Waals surface area contributed by atoms with Gasteiger partial charge in [-0.05, 0) is 0 Å². The number of hydrogen-bond donors (Lipinski definition) is 0. The number of carbonyl (C=O) groups excluding carboxylic acids is 1. The number of esters is 1. The maximum Gasteiger partial charge on any atom is 0.308 e. The van der Waals surface area contributed by atoms with E-state index in [9.17, 15) is 4.79 Å². The Labute approximate surface area is 64.5 Å². The highest BCUT2D eigenvalue weighted by atomic mass is 79.9. The number of methoxy groups -OCH3 is 1. The fraction of sp³-hybridized carbons (Fsp3) is 0.800. The normalized spacial score (nSPS) is 12.7. The number of carbonyl (C=O) groups is 1. The molecule has 1 atom stereocenters. The van der Waals surface area contributed by atoms with E-state index in [4.69, 9.17) is 7.85 Å². The van der Waals surface area contributed by atoms with Gasteiger partial charge in [0.1, 0.15) is 0 Å². The van der Waals surface area contributed by atoms with Gasteiger partial charge in [-0.25, -0.2) is 0 Å². The summed E-state index contributed by atoms with van der Waals surface area (Å²) in [5, 5.41) is 0.566. The van der Waals surface area contributed by atoms with E-state index in [1.54, 1.807) is 0 Å². The standard InChI is InChI=1S/C5H8BBrO2/c1-9-5(8)4(2-6)3-7/h4H,2-3H2,1H3. The second-order valence-corrected chi connectivity index (χ2v) is 2.26. The van der Waals surface area contributed by atoms with Crippen molar-refractivity contribution in [3.05, 3.63) is 0 Å². The summed E-state index contributed by atoms with van der Waals surface area (Å²) in [7, 11) is 6.58. The molecule has 0 amide bonds. The zero-order valence-electron chi connectivity index (χ0n) is 5.26. The SMILES string of the molecule is [B]CC(CBr)C(=O)OC. The molecule has 0 aromatic rings. The lowest BCUT2D eigenvalue weighted by Crippen LogP contribution is -2.16. The van der Waals surface area contributed by atoms with Gasteiger partial charge in [0, 0.05) is 5.33 Å². The minimum atomic E-state index is -0.255. The Hall–Kier alpha value is 0.0149. The zero-order chi connectivity index (χ0) is 7.28. The fourth-order valence-electron chi connectivity index (χ4n) is 0.389. The van der Waals surface area contributed by atoms with Crippen molar-refractivity contribution in [2.24, 2.45) is 5.92 Å². The van der Waals surface area contributed by atoms with Crippen LogP contribution in [0.1, 0.15) is 0 Å². The molecule has 0 N–H and O–H groups in total. The largest absolute Gasteiger partial charge is 0.469 e. The number of hydrogen-bond acceptors (Lipinski definition) is 2. The minimum Gasteiger partial charge on any atom is -0.469 e. The number of ether oxygens (including phenoxy) is 1. The Morgan fingerprint density at radius 3 is 2.56 bits per heavy atom. The smallest absolute Gasteiger partial charge is 0.308 e. The highest BCUT2D eigenvalue weighted by molar-refractivity contribution is 9.09. The average molecular weight is 191 g/mol. The highest BCUT2D eigenvalue weighted by Crippen LogP contribution is 2.06. The van der Waals surface area contributed by atoms with Crippen LogP contribution in [-0.4, -0.2) is 26.3 Å². The number of halogens is 1. The lowest BCUT2D eigenvalue weighted by molar-refractivity contribution is -0.143. The zero-order valence-corrected chi connectivity index (χ0v) is 6.85. The molecule has 0 saturated heterocycles. The molecule has 0 fully saturated rings. The molecule has 50 valence electrons. The van der Waals surface area contributed by atoms with Crippen LogP contribution in [0.15, 0.2) is 0 Å².